The monoisotopic (exact) mass is 229 g/mol. The second-order valence-electron chi connectivity index (χ2n) is 4.55. The molecule has 0 spiro atoms. The van der Waals surface area contributed by atoms with Crippen molar-refractivity contribution < 1.29 is 9.90 Å². The summed E-state index contributed by atoms with van der Waals surface area (Å²) in [5.41, 5.74) is 1.13. The van der Waals surface area contributed by atoms with Gasteiger partial charge in [-0.1, -0.05) is 19.9 Å². The van der Waals surface area contributed by atoms with E-state index in [9.17, 15) is 9.90 Å². The quantitative estimate of drug-likeness (QED) is 0.822. The smallest absolute Gasteiger partial charge is 0.163 e. The molecule has 1 aromatic heterocycles. The van der Waals surface area contributed by atoms with Gasteiger partial charge in [-0.25, -0.2) is 0 Å². The zero-order valence-corrected chi connectivity index (χ0v) is 9.97. The summed E-state index contributed by atoms with van der Waals surface area (Å²) in [5, 5.41) is 10.4. The summed E-state index contributed by atoms with van der Waals surface area (Å²) in [6.07, 6.45) is 2.12. The number of hydrogen-bond acceptors (Lipinski definition) is 3. The van der Waals surface area contributed by atoms with E-state index in [-0.39, 0.29) is 11.5 Å². The number of hydrogen-bond donors (Lipinski definition) is 1. The number of benzene rings is 1. The topological polar surface area (TPSA) is 50.2 Å². The molecule has 88 valence electrons. The Labute approximate surface area is 100 Å². The number of carbonyl (C=O) groups excluding carboxylic acids is 1. The van der Waals surface area contributed by atoms with Crippen LogP contribution in [0.15, 0.2) is 30.5 Å². The number of carbonyl (C=O) groups is 1. The van der Waals surface area contributed by atoms with Crippen molar-refractivity contribution in [3.05, 3.63) is 36.0 Å². The molecular weight excluding hydrogens is 214 g/mol. The maximum atomic E-state index is 12.1. The number of rotatable bonds is 3. The first-order valence-corrected chi connectivity index (χ1v) is 5.69. The highest BCUT2D eigenvalue weighted by atomic mass is 16.3. The van der Waals surface area contributed by atoms with Gasteiger partial charge >= 0.3 is 0 Å². The van der Waals surface area contributed by atoms with Crippen molar-refractivity contribution in [2.75, 3.05) is 0 Å². The van der Waals surface area contributed by atoms with Crippen LogP contribution in [-0.2, 0) is 0 Å². The summed E-state index contributed by atoms with van der Waals surface area (Å²) in [6.45, 7) is 4.03. The van der Waals surface area contributed by atoms with E-state index in [1.165, 1.54) is 6.07 Å². The predicted octanol–water partition coefficient (Wildman–Crippen LogP) is 3.17. The van der Waals surface area contributed by atoms with Gasteiger partial charge in [0.15, 0.2) is 5.78 Å². The Morgan fingerprint density at radius 1 is 1.35 bits per heavy atom. The lowest BCUT2D eigenvalue weighted by molar-refractivity contribution is 0.0969. The lowest BCUT2D eigenvalue weighted by Gasteiger charge is -2.08. The lowest BCUT2D eigenvalue weighted by Crippen LogP contribution is -2.04. The summed E-state index contributed by atoms with van der Waals surface area (Å²) in [6, 6.07) is 6.79. The van der Waals surface area contributed by atoms with Gasteiger partial charge in [0.1, 0.15) is 11.3 Å². The third kappa shape index (κ3) is 2.28. The minimum Gasteiger partial charge on any atom is -0.506 e. The minimum absolute atomic E-state index is 0.0954. The fourth-order valence-corrected chi connectivity index (χ4v) is 1.88. The van der Waals surface area contributed by atoms with Crippen LogP contribution in [0.1, 0.15) is 30.6 Å². The number of pyridine rings is 1. The van der Waals surface area contributed by atoms with E-state index in [1.807, 2.05) is 19.9 Å². The summed E-state index contributed by atoms with van der Waals surface area (Å²) in [4.78, 5) is 16.2. The van der Waals surface area contributed by atoms with Crippen molar-refractivity contribution >= 4 is 16.7 Å². The van der Waals surface area contributed by atoms with Crippen LogP contribution >= 0.6 is 0 Å². The molecule has 2 aromatic rings. The summed E-state index contributed by atoms with van der Waals surface area (Å²) in [7, 11) is 0. The molecule has 1 N–H and O–H groups in total. The molecule has 2 rings (SSSR count). The van der Waals surface area contributed by atoms with E-state index < -0.39 is 0 Å². The molecule has 0 bridgehead atoms. The van der Waals surface area contributed by atoms with Crippen LogP contribution in [0.25, 0.3) is 10.9 Å². The SMILES string of the molecule is CC(C)CC(=O)c1ccc(O)c2ncccc12. The van der Waals surface area contributed by atoms with E-state index >= 15 is 0 Å². The van der Waals surface area contributed by atoms with Crippen LogP contribution in [0.2, 0.25) is 0 Å². The third-order valence-electron chi connectivity index (χ3n) is 2.64. The average Bonchev–Trinajstić information content (AvgIpc) is 2.29. The Morgan fingerprint density at radius 3 is 2.82 bits per heavy atom. The maximum absolute atomic E-state index is 12.1. The average molecular weight is 229 g/mol. The van der Waals surface area contributed by atoms with Crippen molar-refractivity contribution in [2.45, 2.75) is 20.3 Å². The Hall–Kier alpha value is -1.90. The van der Waals surface area contributed by atoms with E-state index in [2.05, 4.69) is 4.98 Å². The van der Waals surface area contributed by atoms with Gasteiger partial charge in [0.05, 0.1) is 0 Å². The number of nitrogens with zero attached hydrogens (tertiary/aromatic N) is 1. The van der Waals surface area contributed by atoms with E-state index in [0.29, 0.717) is 23.4 Å². The zero-order valence-electron chi connectivity index (χ0n) is 9.97. The number of ketones is 1. The largest absolute Gasteiger partial charge is 0.506 e. The number of phenolic OH excluding ortho intramolecular Hbond substituents is 1. The molecule has 3 nitrogen and oxygen atoms in total. The second-order valence-corrected chi connectivity index (χ2v) is 4.55. The number of fused-ring (bicyclic) bond motifs is 1. The normalized spacial score (nSPS) is 11.0. The Bertz CT molecular complexity index is 561. The third-order valence-corrected chi connectivity index (χ3v) is 2.64. The molecule has 0 saturated heterocycles. The van der Waals surface area contributed by atoms with Crippen molar-refractivity contribution in [3.63, 3.8) is 0 Å². The van der Waals surface area contributed by atoms with Crippen LogP contribution in [0.4, 0.5) is 0 Å². The fourth-order valence-electron chi connectivity index (χ4n) is 1.88. The summed E-state index contributed by atoms with van der Waals surface area (Å²) in [5.74, 6) is 0.530. The number of aromatic hydroxyl groups is 1. The molecule has 0 aliphatic heterocycles. The molecule has 0 unspecified atom stereocenters. The lowest BCUT2D eigenvalue weighted by atomic mass is 9.97. The molecule has 0 radical (unpaired) electrons. The van der Waals surface area contributed by atoms with Gasteiger partial charge in [0, 0.05) is 23.6 Å². The number of aromatic nitrogens is 1. The van der Waals surface area contributed by atoms with Gasteiger partial charge in [-0.05, 0) is 24.1 Å². The summed E-state index contributed by atoms with van der Waals surface area (Å²) < 4.78 is 0. The molecule has 0 aliphatic carbocycles. The van der Waals surface area contributed by atoms with Crippen molar-refractivity contribution in [1.29, 1.82) is 0 Å². The Kier molecular flexibility index (Phi) is 3.09. The van der Waals surface area contributed by atoms with Crippen molar-refractivity contribution in [2.24, 2.45) is 5.92 Å². The first kappa shape index (κ1) is 11.6. The molecule has 3 heteroatoms. The van der Waals surface area contributed by atoms with Crippen LogP contribution < -0.4 is 0 Å². The van der Waals surface area contributed by atoms with Gasteiger partial charge in [-0.15, -0.1) is 0 Å². The molecule has 1 aromatic carbocycles. The zero-order chi connectivity index (χ0) is 12.4. The molecule has 0 aliphatic rings. The highest BCUT2D eigenvalue weighted by Gasteiger charge is 2.13. The van der Waals surface area contributed by atoms with Crippen LogP contribution in [-0.4, -0.2) is 15.9 Å². The van der Waals surface area contributed by atoms with Gasteiger partial charge in [0.25, 0.3) is 0 Å². The highest BCUT2D eigenvalue weighted by Crippen LogP contribution is 2.26. The first-order valence-electron chi connectivity index (χ1n) is 5.69. The van der Waals surface area contributed by atoms with E-state index in [4.69, 9.17) is 0 Å². The molecule has 0 atom stereocenters. The Morgan fingerprint density at radius 2 is 2.12 bits per heavy atom. The first-order chi connectivity index (χ1) is 8.09. The number of phenols is 1. The van der Waals surface area contributed by atoms with Crippen LogP contribution in [0.5, 0.6) is 5.75 Å². The van der Waals surface area contributed by atoms with Crippen LogP contribution in [0, 0.1) is 5.92 Å². The molecular formula is C14H15NO2. The molecule has 0 saturated carbocycles. The maximum Gasteiger partial charge on any atom is 0.163 e. The summed E-state index contributed by atoms with van der Waals surface area (Å²) >= 11 is 0. The van der Waals surface area contributed by atoms with E-state index in [0.717, 1.165) is 5.39 Å². The highest BCUT2D eigenvalue weighted by molar-refractivity contribution is 6.08. The van der Waals surface area contributed by atoms with Gasteiger partial charge in [0.2, 0.25) is 0 Å². The van der Waals surface area contributed by atoms with Gasteiger partial charge in [-0.2, -0.15) is 0 Å². The van der Waals surface area contributed by atoms with Crippen molar-refractivity contribution in [1.82, 2.24) is 4.98 Å². The predicted molar refractivity (Wildman–Crippen MR) is 67.2 cm³/mol. The van der Waals surface area contributed by atoms with Crippen molar-refractivity contribution in [3.8, 4) is 5.75 Å². The minimum atomic E-state index is 0.0954. The van der Waals surface area contributed by atoms with Crippen LogP contribution in [0.3, 0.4) is 0 Å². The fraction of sp³-hybridized carbons (Fsp3) is 0.286. The number of Topliss-reactive ketones (excluding diaryl/α,β-unsaturated/α-hetero) is 1. The standard InChI is InChI=1S/C14H15NO2/c1-9(2)8-13(17)10-5-6-12(16)14-11(10)4-3-7-15-14/h3-7,9,16H,8H2,1-2H3. The van der Waals surface area contributed by atoms with Gasteiger partial charge in [-0.3, -0.25) is 9.78 Å². The molecule has 0 fully saturated rings. The van der Waals surface area contributed by atoms with E-state index in [1.54, 1.807) is 18.3 Å². The molecule has 0 amide bonds. The molecule has 1 heterocycles. The van der Waals surface area contributed by atoms with Gasteiger partial charge < -0.3 is 5.11 Å². The molecule has 17 heavy (non-hydrogen) atoms. The second kappa shape index (κ2) is 4.53. The Balaban J connectivity index is 2.55.